The van der Waals surface area contributed by atoms with E-state index in [4.69, 9.17) is 4.74 Å². The first-order valence-electron chi connectivity index (χ1n) is 8.42. The molecule has 2 rings (SSSR count). The van der Waals surface area contributed by atoms with Gasteiger partial charge in [-0.3, -0.25) is 10.1 Å². The van der Waals surface area contributed by atoms with E-state index in [1.165, 1.54) is 0 Å². The number of aliphatic carboxylic acids is 1. The Balaban J connectivity index is 1.79. The molecule has 0 aromatic carbocycles. The van der Waals surface area contributed by atoms with Gasteiger partial charge in [0.15, 0.2) is 0 Å². The average molecular weight is 297 g/mol. The zero-order chi connectivity index (χ0) is 15.5. The molecule has 122 valence electrons. The molecule has 0 aromatic heterocycles. The van der Waals surface area contributed by atoms with Crippen LogP contribution in [0.5, 0.6) is 0 Å². The molecule has 4 heteroatoms. The molecule has 0 radical (unpaired) electrons. The number of rotatable bonds is 8. The van der Waals surface area contributed by atoms with Gasteiger partial charge in [0.1, 0.15) is 5.54 Å². The minimum atomic E-state index is -0.686. The largest absolute Gasteiger partial charge is 0.480 e. The van der Waals surface area contributed by atoms with Gasteiger partial charge in [-0.05, 0) is 49.9 Å². The Morgan fingerprint density at radius 1 is 1.29 bits per heavy atom. The molecule has 0 bridgehead atoms. The molecule has 0 aliphatic heterocycles. The molecule has 2 aliphatic rings. The lowest BCUT2D eigenvalue weighted by atomic mass is 9.84. The average Bonchev–Trinajstić information content (AvgIpc) is 3.08. The van der Waals surface area contributed by atoms with Crippen molar-refractivity contribution in [1.82, 2.24) is 5.32 Å². The number of ether oxygens (including phenoxy) is 1. The zero-order valence-electron chi connectivity index (χ0n) is 13.8. The van der Waals surface area contributed by atoms with E-state index < -0.39 is 11.5 Å². The molecule has 2 unspecified atom stereocenters. The van der Waals surface area contributed by atoms with Crippen molar-refractivity contribution in [2.45, 2.75) is 77.3 Å². The van der Waals surface area contributed by atoms with Crippen LogP contribution in [0.3, 0.4) is 0 Å². The molecule has 21 heavy (non-hydrogen) atoms. The van der Waals surface area contributed by atoms with Gasteiger partial charge in [-0.25, -0.2) is 0 Å². The van der Waals surface area contributed by atoms with Crippen molar-refractivity contribution in [3.63, 3.8) is 0 Å². The van der Waals surface area contributed by atoms with Gasteiger partial charge in [-0.1, -0.05) is 27.2 Å². The van der Waals surface area contributed by atoms with Crippen molar-refractivity contribution in [2.75, 3.05) is 13.2 Å². The fourth-order valence-corrected chi connectivity index (χ4v) is 3.30. The second-order valence-corrected chi connectivity index (χ2v) is 8.00. The standard InChI is InChI=1S/C17H31NO3/c1-16(2,3)10-12-21-11-8-13-5-4-9-17(13,15(19)20)18-14-6-7-14/h13-14,18H,4-12H2,1-3H3,(H,19,20). The van der Waals surface area contributed by atoms with Crippen LogP contribution in [-0.2, 0) is 9.53 Å². The predicted octanol–water partition coefficient (Wildman–Crippen LogP) is 3.20. The summed E-state index contributed by atoms with van der Waals surface area (Å²) in [5.74, 6) is -0.447. The Bertz CT molecular complexity index is 360. The second kappa shape index (κ2) is 6.66. The molecule has 2 saturated carbocycles. The summed E-state index contributed by atoms with van der Waals surface area (Å²) in [7, 11) is 0. The van der Waals surface area contributed by atoms with Gasteiger partial charge < -0.3 is 9.84 Å². The van der Waals surface area contributed by atoms with Crippen LogP contribution >= 0.6 is 0 Å². The van der Waals surface area contributed by atoms with E-state index in [-0.39, 0.29) is 5.92 Å². The Hall–Kier alpha value is -0.610. The van der Waals surface area contributed by atoms with Crippen LogP contribution in [0.15, 0.2) is 0 Å². The molecule has 0 aromatic rings. The first kappa shape index (κ1) is 16.8. The van der Waals surface area contributed by atoms with E-state index in [1.54, 1.807) is 0 Å². The molecule has 4 nitrogen and oxygen atoms in total. The summed E-state index contributed by atoms with van der Waals surface area (Å²) in [6.07, 6.45) is 6.95. The van der Waals surface area contributed by atoms with E-state index in [9.17, 15) is 9.90 Å². The van der Waals surface area contributed by atoms with Crippen molar-refractivity contribution in [3.05, 3.63) is 0 Å². The van der Waals surface area contributed by atoms with E-state index in [1.807, 2.05) is 0 Å². The lowest BCUT2D eigenvalue weighted by Gasteiger charge is -2.33. The minimum Gasteiger partial charge on any atom is -0.480 e. The Morgan fingerprint density at radius 3 is 2.57 bits per heavy atom. The number of hydrogen-bond donors (Lipinski definition) is 2. The Morgan fingerprint density at radius 2 is 2.00 bits per heavy atom. The van der Waals surface area contributed by atoms with E-state index >= 15 is 0 Å². The number of carboxylic acid groups (broad SMARTS) is 1. The maximum absolute atomic E-state index is 11.8. The third-order valence-electron chi connectivity index (χ3n) is 4.85. The lowest BCUT2D eigenvalue weighted by Crippen LogP contribution is -2.55. The van der Waals surface area contributed by atoms with Crippen LogP contribution in [0, 0.1) is 11.3 Å². The summed E-state index contributed by atoms with van der Waals surface area (Å²) < 4.78 is 5.74. The lowest BCUT2D eigenvalue weighted by molar-refractivity contribution is -0.147. The second-order valence-electron chi connectivity index (χ2n) is 8.00. The van der Waals surface area contributed by atoms with Gasteiger partial charge in [-0.2, -0.15) is 0 Å². The highest BCUT2D eigenvalue weighted by atomic mass is 16.5. The van der Waals surface area contributed by atoms with Crippen LogP contribution in [0.2, 0.25) is 0 Å². The maximum atomic E-state index is 11.8. The topological polar surface area (TPSA) is 58.6 Å². The van der Waals surface area contributed by atoms with Crippen LogP contribution in [0.4, 0.5) is 0 Å². The van der Waals surface area contributed by atoms with Gasteiger partial charge >= 0.3 is 5.97 Å². The molecule has 0 spiro atoms. The molecule has 2 atom stereocenters. The number of nitrogens with one attached hydrogen (secondary N) is 1. The first-order chi connectivity index (χ1) is 9.83. The first-order valence-corrected chi connectivity index (χ1v) is 8.42. The van der Waals surface area contributed by atoms with E-state index in [2.05, 4.69) is 26.1 Å². The number of carboxylic acids is 1. The third-order valence-corrected chi connectivity index (χ3v) is 4.85. The molecule has 2 aliphatic carbocycles. The summed E-state index contributed by atoms with van der Waals surface area (Å²) in [6.45, 7) is 8.08. The third kappa shape index (κ3) is 4.68. The van der Waals surface area contributed by atoms with E-state index in [0.717, 1.165) is 51.6 Å². The minimum absolute atomic E-state index is 0.213. The summed E-state index contributed by atoms with van der Waals surface area (Å²) in [4.78, 5) is 11.8. The Labute approximate surface area is 128 Å². The van der Waals surface area contributed by atoms with Gasteiger partial charge in [0.25, 0.3) is 0 Å². The molecule has 0 heterocycles. The van der Waals surface area contributed by atoms with Gasteiger partial charge in [0.05, 0.1) is 0 Å². The smallest absolute Gasteiger partial charge is 0.324 e. The van der Waals surface area contributed by atoms with Crippen LogP contribution < -0.4 is 5.32 Å². The fourth-order valence-electron chi connectivity index (χ4n) is 3.30. The highest BCUT2D eigenvalue weighted by Gasteiger charge is 2.50. The maximum Gasteiger partial charge on any atom is 0.324 e. The molecule has 0 amide bonds. The van der Waals surface area contributed by atoms with Crippen molar-refractivity contribution >= 4 is 5.97 Å². The van der Waals surface area contributed by atoms with Gasteiger partial charge in [0, 0.05) is 19.3 Å². The summed E-state index contributed by atoms with van der Waals surface area (Å²) in [6, 6.07) is 0.434. The molecule has 2 N–H and O–H groups in total. The fraction of sp³-hybridized carbons (Fsp3) is 0.941. The summed E-state index contributed by atoms with van der Waals surface area (Å²) in [5, 5.41) is 13.1. The quantitative estimate of drug-likeness (QED) is 0.675. The summed E-state index contributed by atoms with van der Waals surface area (Å²) in [5.41, 5.74) is -0.389. The zero-order valence-corrected chi connectivity index (χ0v) is 13.8. The molecule has 2 fully saturated rings. The highest BCUT2D eigenvalue weighted by molar-refractivity contribution is 5.80. The highest BCUT2D eigenvalue weighted by Crippen LogP contribution is 2.40. The van der Waals surface area contributed by atoms with Crippen molar-refractivity contribution in [1.29, 1.82) is 0 Å². The number of hydrogen-bond acceptors (Lipinski definition) is 3. The molecular formula is C17H31NO3. The van der Waals surface area contributed by atoms with Gasteiger partial charge in [0.2, 0.25) is 0 Å². The summed E-state index contributed by atoms with van der Waals surface area (Å²) >= 11 is 0. The normalized spacial score (nSPS) is 29.8. The van der Waals surface area contributed by atoms with Crippen LogP contribution in [0.25, 0.3) is 0 Å². The molecular weight excluding hydrogens is 266 g/mol. The van der Waals surface area contributed by atoms with E-state index in [0.29, 0.717) is 18.1 Å². The predicted molar refractivity (Wildman–Crippen MR) is 83.4 cm³/mol. The molecule has 0 saturated heterocycles. The van der Waals surface area contributed by atoms with Crippen LogP contribution in [-0.4, -0.2) is 35.9 Å². The number of carbonyl (C=O) groups is 1. The SMILES string of the molecule is CC(C)(C)CCOCCC1CCCC1(NC1CC1)C(=O)O. The monoisotopic (exact) mass is 297 g/mol. The Kier molecular flexibility index (Phi) is 5.31. The van der Waals surface area contributed by atoms with Crippen molar-refractivity contribution < 1.29 is 14.6 Å². The van der Waals surface area contributed by atoms with Gasteiger partial charge in [-0.15, -0.1) is 0 Å². The van der Waals surface area contributed by atoms with Crippen molar-refractivity contribution in [3.8, 4) is 0 Å². The van der Waals surface area contributed by atoms with Crippen molar-refractivity contribution in [2.24, 2.45) is 11.3 Å². The van der Waals surface area contributed by atoms with Crippen LogP contribution in [0.1, 0.15) is 65.7 Å².